The summed E-state index contributed by atoms with van der Waals surface area (Å²) in [6.45, 7) is 2.82. The molecule has 3 amide bonds. The third-order valence-electron chi connectivity index (χ3n) is 4.70. The van der Waals surface area contributed by atoms with Crippen molar-refractivity contribution in [2.45, 2.75) is 6.42 Å². The minimum atomic E-state index is -0.399. The molecule has 1 aromatic carbocycles. The SMILES string of the molecule is COc1cc(NC(=O)NCCC(=O)N2CCN(c3ncccn3)CC2)cc(OC)c1. The lowest BCUT2D eigenvalue weighted by molar-refractivity contribution is -0.131. The van der Waals surface area contributed by atoms with Gasteiger partial charge < -0.3 is 29.9 Å². The van der Waals surface area contributed by atoms with Gasteiger partial charge in [0.25, 0.3) is 0 Å². The number of ether oxygens (including phenoxy) is 2. The Morgan fingerprint density at radius 3 is 2.23 bits per heavy atom. The number of amides is 3. The fourth-order valence-electron chi connectivity index (χ4n) is 3.11. The highest BCUT2D eigenvalue weighted by molar-refractivity contribution is 5.90. The van der Waals surface area contributed by atoms with Gasteiger partial charge in [-0.1, -0.05) is 0 Å². The molecule has 0 radical (unpaired) electrons. The fraction of sp³-hybridized carbons (Fsp3) is 0.400. The summed E-state index contributed by atoms with van der Waals surface area (Å²) in [6.07, 6.45) is 3.65. The largest absolute Gasteiger partial charge is 0.497 e. The normalized spacial score (nSPS) is 13.5. The van der Waals surface area contributed by atoms with Crippen LogP contribution in [0.25, 0.3) is 0 Å². The zero-order valence-electron chi connectivity index (χ0n) is 17.1. The van der Waals surface area contributed by atoms with Crippen LogP contribution in [0.15, 0.2) is 36.7 Å². The Balaban J connectivity index is 1.40. The van der Waals surface area contributed by atoms with E-state index in [0.717, 1.165) is 0 Å². The first kappa shape index (κ1) is 21.2. The van der Waals surface area contributed by atoms with Gasteiger partial charge in [-0.25, -0.2) is 14.8 Å². The third kappa shape index (κ3) is 5.72. The summed E-state index contributed by atoms with van der Waals surface area (Å²) in [5, 5.41) is 5.41. The molecule has 0 saturated carbocycles. The second-order valence-corrected chi connectivity index (χ2v) is 6.65. The van der Waals surface area contributed by atoms with E-state index in [2.05, 4.69) is 25.5 Å². The van der Waals surface area contributed by atoms with E-state index in [9.17, 15) is 9.59 Å². The van der Waals surface area contributed by atoms with E-state index in [1.807, 2.05) is 0 Å². The molecule has 1 aliphatic heterocycles. The summed E-state index contributed by atoms with van der Waals surface area (Å²) in [6, 6.07) is 6.46. The molecular weight excluding hydrogens is 388 g/mol. The van der Waals surface area contributed by atoms with Gasteiger partial charge in [0.05, 0.1) is 14.2 Å². The molecule has 0 spiro atoms. The molecule has 160 valence electrons. The first-order chi connectivity index (χ1) is 14.6. The quantitative estimate of drug-likeness (QED) is 0.704. The molecule has 0 atom stereocenters. The van der Waals surface area contributed by atoms with Crippen LogP contribution in [-0.4, -0.2) is 73.7 Å². The number of benzene rings is 1. The number of methoxy groups -OCH3 is 2. The lowest BCUT2D eigenvalue weighted by Gasteiger charge is -2.34. The average Bonchev–Trinajstić information content (AvgIpc) is 2.79. The average molecular weight is 414 g/mol. The fourth-order valence-corrected chi connectivity index (χ4v) is 3.11. The van der Waals surface area contributed by atoms with E-state index in [1.165, 1.54) is 14.2 Å². The predicted octanol–water partition coefficient (Wildman–Crippen LogP) is 1.35. The van der Waals surface area contributed by atoms with Crippen LogP contribution in [-0.2, 0) is 4.79 Å². The minimum Gasteiger partial charge on any atom is -0.497 e. The molecule has 1 aromatic heterocycles. The van der Waals surface area contributed by atoms with Crippen LogP contribution in [0.2, 0.25) is 0 Å². The molecular formula is C20H26N6O4. The number of urea groups is 1. The van der Waals surface area contributed by atoms with Gasteiger partial charge in [0.2, 0.25) is 11.9 Å². The maximum absolute atomic E-state index is 12.4. The van der Waals surface area contributed by atoms with Crippen molar-refractivity contribution in [3.63, 3.8) is 0 Å². The Bertz CT molecular complexity index is 833. The van der Waals surface area contributed by atoms with Crippen LogP contribution in [0.4, 0.5) is 16.4 Å². The molecule has 1 fully saturated rings. The van der Waals surface area contributed by atoms with E-state index < -0.39 is 6.03 Å². The highest BCUT2D eigenvalue weighted by Crippen LogP contribution is 2.25. The summed E-state index contributed by atoms with van der Waals surface area (Å²) in [5.74, 6) is 1.82. The first-order valence-electron chi connectivity index (χ1n) is 9.66. The Labute approximate surface area is 175 Å². The molecule has 2 aromatic rings. The van der Waals surface area contributed by atoms with Gasteiger partial charge >= 0.3 is 6.03 Å². The molecule has 3 rings (SSSR count). The summed E-state index contributed by atoms with van der Waals surface area (Å²) < 4.78 is 10.4. The number of hydrogen-bond acceptors (Lipinski definition) is 7. The second-order valence-electron chi connectivity index (χ2n) is 6.65. The van der Waals surface area contributed by atoms with Crippen molar-refractivity contribution in [3.8, 4) is 11.5 Å². The topological polar surface area (TPSA) is 109 Å². The zero-order chi connectivity index (χ0) is 21.3. The van der Waals surface area contributed by atoms with Crippen molar-refractivity contribution in [1.82, 2.24) is 20.2 Å². The van der Waals surface area contributed by atoms with Gasteiger partial charge in [-0.05, 0) is 6.07 Å². The number of rotatable bonds is 7. The highest BCUT2D eigenvalue weighted by atomic mass is 16.5. The number of aromatic nitrogens is 2. The highest BCUT2D eigenvalue weighted by Gasteiger charge is 2.22. The third-order valence-corrected chi connectivity index (χ3v) is 4.70. The van der Waals surface area contributed by atoms with Gasteiger partial charge in [-0.3, -0.25) is 4.79 Å². The second kappa shape index (κ2) is 10.3. The van der Waals surface area contributed by atoms with Crippen LogP contribution >= 0.6 is 0 Å². The number of anilines is 2. The Kier molecular flexibility index (Phi) is 7.25. The zero-order valence-corrected chi connectivity index (χ0v) is 17.1. The summed E-state index contributed by atoms with van der Waals surface area (Å²) in [4.78, 5) is 36.9. The van der Waals surface area contributed by atoms with Crippen molar-refractivity contribution in [2.75, 3.05) is 57.2 Å². The number of carbonyl (C=O) groups excluding carboxylic acids is 2. The van der Waals surface area contributed by atoms with Crippen molar-refractivity contribution >= 4 is 23.6 Å². The molecule has 0 aliphatic carbocycles. The monoisotopic (exact) mass is 414 g/mol. The summed E-state index contributed by atoms with van der Waals surface area (Å²) >= 11 is 0. The maximum atomic E-state index is 12.4. The van der Waals surface area contributed by atoms with Gasteiger partial charge in [0.1, 0.15) is 11.5 Å². The Hall–Kier alpha value is -3.56. The van der Waals surface area contributed by atoms with Crippen LogP contribution in [0.3, 0.4) is 0 Å². The summed E-state index contributed by atoms with van der Waals surface area (Å²) in [5.41, 5.74) is 0.536. The van der Waals surface area contributed by atoms with Gasteiger partial charge in [0.15, 0.2) is 0 Å². The number of hydrogen-bond donors (Lipinski definition) is 2. The molecule has 0 bridgehead atoms. The lowest BCUT2D eigenvalue weighted by Crippen LogP contribution is -2.49. The van der Waals surface area contributed by atoms with Crippen LogP contribution < -0.4 is 25.0 Å². The standard InChI is InChI=1S/C20H26N6O4/c1-29-16-12-15(13-17(14-16)30-2)24-20(28)23-7-4-18(27)25-8-10-26(11-9-25)19-21-5-3-6-22-19/h3,5-6,12-14H,4,7-11H2,1-2H3,(H2,23,24,28). The number of nitrogens with zero attached hydrogens (tertiary/aromatic N) is 4. The van der Waals surface area contributed by atoms with E-state index in [1.54, 1.807) is 41.6 Å². The molecule has 2 N–H and O–H groups in total. The first-order valence-corrected chi connectivity index (χ1v) is 9.66. The van der Waals surface area contributed by atoms with Gasteiger partial charge in [0, 0.05) is 75.4 Å². The molecule has 10 nitrogen and oxygen atoms in total. The van der Waals surface area contributed by atoms with Crippen LogP contribution in [0.1, 0.15) is 6.42 Å². The Morgan fingerprint density at radius 1 is 1.00 bits per heavy atom. The molecule has 0 unspecified atom stereocenters. The number of carbonyl (C=O) groups is 2. The van der Waals surface area contributed by atoms with Crippen LogP contribution in [0.5, 0.6) is 11.5 Å². The summed E-state index contributed by atoms with van der Waals surface area (Å²) in [7, 11) is 3.08. The van der Waals surface area contributed by atoms with E-state index in [4.69, 9.17) is 9.47 Å². The number of piperazine rings is 1. The van der Waals surface area contributed by atoms with E-state index >= 15 is 0 Å². The van der Waals surface area contributed by atoms with E-state index in [-0.39, 0.29) is 18.9 Å². The Morgan fingerprint density at radius 2 is 1.63 bits per heavy atom. The van der Waals surface area contributed by atoms with Gasteiger partial charge in [-0.2, -0.15) is 0 Å². The minimum absolute atomic E-state index is 0.00646. The van der Waals surface area contributed by atoms with Crippen LogP contribution in [0, 0.1) is 0 Å². The van der Waals surface area contributed by atoms with Crippen molar-refractivity contribution in [2.24, 2.45) is 0 Å². The molecule has 30 heavy (non-hydrogen) atoms. The maximum Gasteiger partial charge on any atom is 0.319 e. The molecule has 1 aliphatic rings. The smallest absolute Gasteiger partial charge is 0.319 e. The van der Waals surface area contributed by atoms with Crippen molar-refractivity contribution in [1.29, 1.82) is 0 Å². The van der Waals surface area contributed by atoms with Crippen molar-refractivity contribution in [3.05, 3.63) is 36.7 Å². The van der Waals surface area contributed by atoms with Gasteiger partial charge in [-0.15, -0.1) is 0 Å². The molecule has 1 saturated heterocycles. The lowest BCUT2D eigenvalue weighted by atomic mass is 10.2. The van der Waals surface area contributed by atoms with Crippen molar-refractivity contribution < 1.29 is 19.1 Å². The van der Waals surface area contributed by atoms with E-state index in [0.29, 0.717) is 49.3 Å². The molecule has 10 heteroatoms. The number of nitrogens with one attached hydrogen (secondary N) is 2. The predicted molar refractivity (Wildman–Crippen MR) is 112 cm³/mol. The molecule has 2 heterocycles.